The highest BCUT2D eigenvalue weighted by Gasteiger charge is 2.13. The summed E-state index contributed by atoms with van der Waals surface area (Å²) in [6.07, 6.45) is -0.164. The van der Waals surface area contributed by atoms with Crippen LogP contribution in [0.1, 0.15) is 6.92 Å². The Kier molecular flexibility index (Phi) is 5.15. The van der Waals surface area contributed by atoms with Crippen LogP contribution in [0.2, 0.25) is 0 Å². The van der Waals surface area contributed by atoms with Crippen molar-refractivity contribution in [3.63, 3.8) is 0 Å². The summed E-state index contributed by atoms with van der Waals surface area (Å²) in [5.41, 5.74) is 0. The molecule has 56 valence electrons. The van der Waals surface area contributed by atoms with Gasteiger partial charge in [-0.2, -0.15) is 0 Å². The number of halogens is 1. The first-order valence-electron chi connectivity index (χ1n) is 2.87. The van der Waals surface area contributed by atoms with Crippen molar-refractivity contribution in [3.8, 4) is 0 Å². The second kappa shape index (κ2) is 5.03. The molecular formula is C6H13ClO2. The van der Waals surface area contributed by atoms with E-state index in [-0.39, 0.29) is 12.2 Å². The van der Waals surface area contributed by atoms with Crippen LogP contribution in [0.5, 0.6) is 0 Å². The summed E-state index contributed by atoms with van der Waals surface area (Å²) in [4.78, 5) is 0. The van der Waals surface area contributed by atoms with E-state index >= 15 is 0 Å². The van der Waals surface area contributed by atoms with Crippen molar-refractivity contribution < 1.29 is 9.47 Å². The molecule has 0 aromatic carbocycles. The van der Waals surface area contributed by atoms with E-state index < -0.39 is 0 Å². The quantitative estimate of drug-likeness (QED) is 0.449. The van der Waals surface area contributed by atoms with Crippen molar-refractivity contribution in [1.82, 2.24) is 0 Å². The van der Waals surface area contributed by atoms with E-state index in [1.54, 1.807) is 14.2 Å². The Morgan fingerprint density at radius 2 is 1.78 bits per heavy atom. The fraction of sp³-hybridized carbons (Fsp3) is 1.00. The molecule has 0 N–H and O–H groups in total. The Balaban J connectivity index is 3.50. The maximum absolute atomic E-state index is 5.54. The lowest BCUT2D eigenvalue weighted by Crippen LogP contribution is -2.23. The zero-order valence-corrected chi connectivity index (χ0v) is 6.81. The lowest BCUT2D eigenvalue weighted by atomic mass is 10.2. The summed E-state index contributed by atoms with van der Waals surface area (Å²) < 4.78 is 9.89. The Morgan fingerprint density at radius 3 is 1.89 bits per heavy atom. The molecule has 0 spiro atoms. The molecule has 0 saturated carbocycles. The number of methoxy groups -OCH3 is 2. The third-order valence-corrected chi connectivity index (χ3v) is 1.66. The molecule has 0 aromatic heterocycles. The van der Waals surface area contributed by atoms with Gasteiger partial charge >= 0.3 is 0 Å². The van der Waals surface area contributed by atoms with Gasteiger partial charge in [-0.05, 0) is 0 Å². The normalized spacial score (nSPS) is 14.3. The van der Waals surface area contributed by atoms with Crippen LogP contribution in [0, 0.1) is 5.92 Å². The van der Waals surface area contributed by atoms with Crippen LogP contribution in [0.4, 0.5) is 0 Å². The van der Waals surface area contributed by atoms with Gasteiger partial charge in [0.2, 0.25) is 0 Å². The van der Waals surface area contributed by atoms with Gasteiger partial charge in [-0.25, -0.2) is 0 Å². The van der Waals surface area contributed by atoms with Gasteiger partial charge in [-0.15, -0.1) is 11.6 Å². The molecule has 1 atom stereocenters. The molecule has 0 bridgehead atoms. The van der Waals surface area contributed by atoms with Crippen molar-refractivity contribution >= 4 is 11.6 Å². The highest BCUT2D eigenvalue weighted by Crippen LogP contribution is 2.08. The van der Waals surface area contributed by atoms with E-state index in [1.165, 1.54) is 0 Å². The van der Waals surface area contributed by atoms with E-state index in [0.29, 0.717) is 5.88 Å². The van der Waals surface area contributed by atoms with Gasteiger partial charge in [0.1, 0.15) is 0 Å². The second-order valence-corrected chi connectivity index (χ2v) is 2.28. The standard InChI is InChI=1S/C6H13ClO2/c1-5(4-7)6(8-2)9-3/h5-6H,4H2,1-3H3. The molecule has 9 heavy (non-hydrogen) atoms. The summed E-state index contributed by atoms with van der Waals surface area (Å²) in [6.45, 7) is 1.98. The van der Waals surface area contributed by atoms with Gasteiger partial charge in [0.05, 0.1) is 0 Å². The van der Waals surface area contributed by atoms with Crippen LogP contribution in [0.3, 0.4) is 0 Å². The minimum absolute atomic E-state index is 0.164. The smallest absolute Gasteiger partial charge is 0.160 e. The predicted molar refractivity (Wildman–Crippen MR) is 37.7 cm³/mol. The first kappa shape index (κ1) is 9.21. The van der Waals surface area contributed by atoms with E-state index in [2.05, 4.69) is 0 Å². The van der Waals surface area contributed by atoms with E-state index in [1.807, 2.05) is 6.92 Å². The average Bonchev–Trinajstić information content (AvgIpc) is 1.90. The largest absolute Gasteiger partial charge is 0.356 e. The molecule has 0 amide bonds. The molecule has 0 heterocycles. The molecule has 0 aromatic rings. The predicted octanol–water partition coefficient (Wildman–Crippen LogP) is 1.48. The summed E-state index contributed by atoms with van der Waals surface area (Å²) >= 11 is 5.54. The van der Waals surface area contributed by atoms with Gasteiger partial charge in [-0.1, -0.05) is 6.92 Å². The lowest BCUT2D eigenvalue weighted by Gasteiger charge is -2.17. The van der Waals surface area contributed by atoms with Crippen LogP contribution in [-0.4, -0.2) is 26.4 Å². The molecule has 1 unspecified atom stereocenters. The Morgan fingerprint density at radius 1 is 1.33 bits per heavy atom. The molecule has 0 aliphatic heterocycles. The van der Waals surface area contributed by atoms with Gasteiger partial charge in [0, 0.05) is 26.0 Å². The van der Waals surface area contributed by atoms with Crippen LogP contribution in [-0.2, 0) is 9.47 Å². The van der Waals surface area contributed by atoms with Crippen molar-refractivity contribution in [2.45, 2.75) is 13.2 Å². The van der Waals surface area contributed by atoms with E-state index in [9.17, 15) is 0 Å². The summed E-state index contributed by atoms with van der Waals surface area (Å²) in [6, 6.07) is 0. The highest BCUT2D eigenvalue weighted by atomic mass is 35.5. The molecule has 2 nitrogen and oxygen atoms in total. The molecule has 0 rings (SSSR count). The highest BCUT2D eigenvalue weighted by molar-refractivity contribution is 6.18. The minimum Gasteiger partial charge on any atom is -0.356 e. The van der Waals surface area contributed by atoms with Crippen LogP contribution in [0.25, 0.3) is 0 Å². The maximum Gasteiger partial charge on any atom is 0.160 e. The molecule has 0 aliphatic carbocycles. The monoisotopic (exact) mass is 152 g/mol. The zero-order valence-electron chi connectivity index (χ0n) is 6.06. The molecular weight excluding hydrogens is 140 g/mol. The number of hydrogen-bond donors (Lipinski definition) is 0. The fourth-order valence-electron chi connectivity index (χ4n) is 0.634. The first-order chi connectivity index (χ1) is 4.26. The summed E-state index contributed by atoms with van der Waals surface area (Å²) in [7, 11) is 3.22. The van der Waals surface area contributed by atoms with Gasteiger partial charge in [-0.3, -0.25) is 0 Å². The van der Waals surface area contributed by atoms with Gasteiger partial charge < -0.3 is 9.47 Å². The van der Waals surface area contributed by atoms with E-state index in [4.69, 9.17) is 21.1 Å². The molecule has 0 saturated heterocycles. The Hall–Kier alpha value is 0.210. The number of rotatable bonds is 4. The van der Waals surface area contributed by atoms with Gasteiger partial charge in [0.15, 0.2) is 6.29 Å². The third-order valence-electron chi connectivity index (χ3n) is 1.17. The minimum atomic E-state index is -0.164. The Labute approximate surface area is 61.1 Å². The van der Waals surface area contributed by atoms with Crippen LogP contribution < -0.4 is 0 Å². The molecule has 0 aliphatic rings. The zero-order chi connectivity index (χ0) is 7.28. The van der Waals surface area contributed by atoms with Crippen LogP contribution in [0.15, 0.2) is 0 Å². The maximum atomic E-state index is 5.54. The lowest BCUT2D eigenvalue weighted by molar-refractivity contribution is -0.128. The van der Waals surface area contributed by atoms with Crippen molar-refractivity contribution in [3.05, 3.63) is 0 Å². The molecule has 0 fully saturated rings. The third kappa shape index (κ3) is 3.04. The van der Waals surface area contributed by atoms with Crippen molar-refractivity contribution in [2.24, 2.45) is 5.92 Å². The van der Waals surface area contributed by atoms with E-state index in [0.717, 1.165) is 0 Å². The summed E-state index contributed by atoms with van der Waals surface area (Å²) in [5, 5.41) is 0. The first-order valence-corrected chi connectivity index (χ1v) is 3.41. The number of hydrogen-bond acceptors (Lipinski definition) is 2. The topological polar surface area (TPSA) is 18.5 Å². The molecule has 3 heteroatoms. The average molecular weight is 153 g/mol. The molecule has 0 radical (unpaired) electrons. The van der Waals surface area contributed by atoms with Gasteiger partial charge in [0.25, 0.3) is 0 Å². The SMILES string of the molecule is COC(OC)C(C)CCl. The number of alkyl halides is 1. The van der Waals surface area contributed by atoms with Crippen LogP contribution >= 0.6 is 11.6 Å². The fourth-order valence-corrected chi connectivity index (χ4v) is 0.779. The Bertz CT molecular complexity index is 64.1. The second-order valence-electron chi connectivity index (χ2n) is 1.97. The number of ether oxygens (including phenoxy) is 2. The summed E-state index contributed by atoms with van der Waals surface area (Å²) in [5.74, 6) is 0.813. The van der Waals surface area contributed by atoms with Crippen molar-refractivity contribution in [2.75, 3.05) is 20.1 Å². The van der Waals surface area contributed by atoms with Crippen molar-refractivity contribution in [1.29, 1.82) is 0 Å².